The molecule has 0 aliphatic carbocycles. The number of nitrogens with one attached hydrogen (secondary N) is 1. The molecular weight excluding hydrogens is 248 g/mol. The summed E-state index contributed by atoms with van der Waals surface area (Å²) in [6.07, 6.45) is 0. The van der Waals surface area contributed by atoms with E-state index in [0.29, 0.717) is 6.54 Å². The number of nitrogens with zero attached hydrogens (tertiary/aromatic N) is 1. The summed E-state index contributed by atoms with van der Waals surface area (Å²) < 4.78 is 0. The zero-order valence-corrected chi connectivity index (χ0v) is 12.2. The fourth-order valence-corrected chi connectivity index (χ4v) is 2.13. The van der Waals surface area contributed by atoms with Crippen molar-refractivity contribution in [2.24, 2.45) is 0 Å². The first-order valence-corrected chi connectivity index (χ1v) is 6.69. The lowest BCUT2D eigenvalue weighted by Crippen LogP contribution is -2.34. The van der Waals surface area contributed by atoms with Gasteiger partial charge in [0, 0.05) is 20.6 Å². The topological polar surface area (TPSA) is 32.3 Å². The average Bonchev–Trinajstić information content (AvgIpc) is 2.47. The summed E-state index contributed by atoms with van der Waals surface area (Å²) in [5.41, 5.74) is 4.74. The molecule has 0 aromatic heterocycles. The molecule has 2 amide bonds. The number of benzene rings is 2. The first kappa shape index (κ1) is 14.1. The van der Waals surface area contributed by atoms with Gasteiger partial charge >= 0.3 is 6.03 Å². The van der Waals surface area contributed by atoms with Crippen LogP contribution in [0.2, 0.25) is 0 Å². The number of hydrogen-bond acceptors (Lipinski definition) is 1. The zero-order chi connectivity index (χ0) is 14.5. The molecule has 0 saturated carbocycles. The maximum absolute atomic E-state index is 11.5. The number of carbonyl (C=O) groups excluding carboxylic acids is 1. The van der Waals surface area contributed by atoms with E-state index in [0.717, 1.165) is 5.56 Å². The van der Waals surface area contributed by atoms with Crippen LogP contribution in [-0.4, -0.2) is 25.0 Å². The maximum Gasteiger partial charge on any atom is 0.317 e. The third-order valence-electron chi connectivity index (χ3n) is 3.29. The monoisotopic (exact) mass is 268 g/mol. The van der Waals surface area contributed by atoms with Crippen LogP contribution in [0.5, 0.6) is 0 Å². The predicted molar refractivity (Wildman–Crippen MR) is 82.5 cm³/mol. The number of urea groups is 1. The second-order valence-electron chi connectivity index (χ2n) is 4.98. The van der Waals surface area contributed by atoms with Crippen LogP contribution >= 0.6 is 0 Å². The van der Waals surface area contributed by atoms with E-state index in [2.05, 4.69) is 48.6 Å². The smallest absolute Gasteiger partial charge is 0.317 e. The fraction of sp³-hybridized carbons (Fsp3) is 0.235. The molecule has 0 bridgehead atoms. The molecule has 3 nitrogen and oxygen atoms in total. The van der Waals surface area contributed by atoms with Crippen LogP contribution in [0.15, 0.2) is 48.5 Å². The highest BCUT2D eigenvalue weighted by Gasteiger charge is 2.07. The molecule has 2 aromatic rings. The van der Waals surface area contributed by atoms with Crippen molar-refractivity contribution in [3.63, 3.8) is 0 Å². The minimum atomic E-state index is -0.0780. The Morgan fingerprint density at radius 1 is 1.10 bits per heavy atom. The highest BCUT2D eigenvalue weighted by atomic mass is 16.2. The Bertz CT molecular complexity index is 590. The lowest BCUT2D eigenvalue weighted by molar-refractivity contribution is 0.209. The average molecular weight is 268 g/mol. The SMILES string of the molecule is CNC(=O)N(C)Cc1cccc(-c2ccc(C)cc2)c1. The van der Waals surface area contributed by atoms with E-state index in [-0.39, 0.29) is 6.03 Å². The number of hydrogen-bond donors (Lipinski definition) is 1. The molecule has 0 heterocycles. The van der Waals surface area contributed by atoms with Crippen molar-refractivity contribution in [1.82, 2.24) is 10.2 Å². The van der Waals surface area contributed by atoms with Gasteiger partial charge in [-0.2, -0.15) is 0 Å². The minimum absolute atomic E-state index is 0.0780. The first-order valence-electron chi connectivity index (χ1n) is 6.69. The number of rotatable bonds is 3. The summed E-state index contributed by atoms with van der Waals surface area (Å²) >= 11 is 0. The Morgan fingerprint density at radius 3 is 2.45 bits per heavy atom. The van der Waals surface area contributed by atoms with Gasteiger partial charge in [-0.15, -0.1) is 0 Å². The van der Waals surface area contributed by atoms with Crippen LogP contribution in [-0.2, 0) is 6.54 Å². The molecule has 0 aliphatic heterocycles. The Hall–Kier alpha value is -2.29. The van der Waals surface area contributed by atoms with Gasteiger partial charge in [0.15, 0.2) is 0 Å². The molecule has 2 rings (SSSR count). The Labute approximate surface area is 120 Å². The van der Waals surface area contributed by atoms with Crippen LogP contribution in [0.4, 0.5) is 4.79 Å². The van der Waals surface area contributed by atoms with Gasteiger partial charge < -0.3 is 10.2 Å². The van der Waals surface area contributed by atoms with Crippen molar-refractivity contribution in [2.45, 2.75) is 13.5 Å². The van der Waals surface area contributed by atoms with E-state index in [1.807, 2.05) is 12.1 Å². The summed E-state index contributed by atoms with van der Waals surface area (Å²) in [6.45, 7) is 2.68. The molecule has 2 aromatic carbocycles. The second kappa shape index (κ2) is 6.24. The van der Waals surface area contributed by atoms with Crippen LogP contribution in [0, 0.1) is 6.92 Å². The molecule has 0 aliphatic rings. The lowest BCUT2D eigenvalue weighted by Gasteiger charge is -2.17. The van der Waals surface area contributed by atoms with E-state index < -0.39 is 0 Å². The first-order chi connectivity index (χ1) is 9.60. The third kappa shape index (κ3) is 3.38. The highest BCUT2D eigenvalue weighted by molar-refractivity contribution is 5.73. The van der Waals surface area contributed by atoms with Gasteiger partial charge in [0.1, 0.15) is 0 Å². The van der Waals surface area contributed by atoms with Gasteiger partial charge in [0.2, 0.25) is 0 Å². The normalized spacial score (nSPS) is 10.2. The molecule has 0 spiro atoms. The van der Waals surface area contributed by atoms with Crippen LogP contribution in [0.25, 0.3) is 11.1 Å². The van der Waals surface area contributed by atoms with Crippen molar-refractivity contribution in [1.29, 1.82) is 0 Å². The highest BCUT2D eigenvalue weighted by Crippen LogP contribution is 2.21. The van der Waals surface area contributed by atoms with Crippen molar-refractivity contribution in [3.8, 4) is 11.1 Å². The van der Waals surface area contributed by atoms with E-state index in [4.69, 9.17) is 0 Å². The summed E-state index contributed by atoms with van der Waals surface area (Å²) in [6, 6.07) is 16.7. The maximum atomic E-state index is 11.5. The number of amides is 2. The Kier molecular flexibility index (Phi) is 4.41. The number of aryl methyl sites for hydroxylation is 1. The molecule has 0 fully saturated rings. The molecule has 104 valence electrons. The largest absolute Gasteiger partial charge is 0.341 e. The third-order valence-corrected chi connectivity index (χ3v) is 3.29. The molecule has 0 atom stereocenters. The summed E-state index contributed by atoms with van der Waals surface area (Å²) in [4.78, 5) is 13.2. The second-order valence-corrected chi connectivity index (χ2v) is 4.98. The van der Waals surface area contributed by atoms with Crippen molar-refractivity contribution in [3.05, 3.63) is 59.7 Å². The number of carbonyl (C=O) groups is 1. The van der Waals surface area contributed by atoms with E-state index in [1.54, 1.807) is 19.0 Å². The summed E-state index contributed by atoms with van der Waals surface area (Å²) in [5.74, 6) is 0. The Balaban J connectivity index is 2.20. The van der Waals surface area contributed by atoms with Crippen LogP contribution in [0.1, 0.15) is 11.1 Å². The molecular formula is C17H20N2O. The van der Waals surface area contributed by atoms with Crippen molar-refractivity contribution >= 4 is 6.03 Å². The van der Waals surface area contributed by atoms with Gasteiger partial charge in [0.25, 0.3) is 0 Å². The summed E-state index contributed by atoms with van der Waals surface area (Å²) in [7, 11) is 3.43. The van der Waals surface area contributed by atoms with Gasteiger partial charge in [-0.05, 0) is 29.7 Å². The summed E-state index contributed by atoms with van der Waals surface area (Å²) in [5, 5.41) is 2.62. The van der Waals surface area contributed by atoms with Gasteiger partial charge in [-0.3, -0.25) is 0 Å². The van der Waals surface area contributed by atoms with Crippen LogP contribution < -0.4 is 5.32 Å². The quantitative estimate of drug-likeness (QED) is 0.908. The van der Waals surface area contributed by atoms with Gasteiger partial charge in [-0.1, -0.05) is 48.0 Å². The molecule has 0 saturated heterocycles. The zero-order valence-electron chi connectivity index (χ0n) is 12.2. The molecule has 20 heavy (non-hydrogen) atoms. The lowest BCUT2D eigenvalue weighted by atomic mass is 10.0. The Morgan fingerprint density at radius 2 is 1.80 bits per heavy atom. The van der Waals surface area contributed by atoms with Crippen molar-refractivity contribution < 1.29 is 4.79 Å². The van der Waals surface area contributed by atoms with Gasteiger partial charge in [-0.25, -0.2) is 4.79 Å². The van der Waals surface area contributed by atoms with E-state index in [1.165, 1.54) is 16.7 Å². The van der Waals surface area contributed by atoms with Gasteiger partial charge in [0.05, 0.1) is 0 Å². The standard InChI is InChI=1S/C17H20N2O/c1-13-7-9-15(10-8-13)16-6-4-5-14(11-16)12-19(3)17(20)18-2/h4-11H,12H2,1-3H3,(H,18,20). The van der Waals surface area contributed by atoms with E-state index in [9.17, 15) is 4.79 Å². The molecule has 3 heteroatoms. The predicted octanol–water partition coefficient (Wildman–Crippen LogP) is 3.43. The van der Waals surface area contributed by atoms with Crippen LogP contribution in [0.3, 0.4) is 0 Å². The molecule has 1 N–H and O–H groups in total. The molecule has 0 unspecified atom stereocenters. The van der Waals surface area contributed by atoms with E-state index >= 15 is 0 Å². The van der Waals surface area contributed by atoms with Crippen molar-refractivity contribution in [2.75, 3.05) is 14.1 Å². The molecule has 0 radical (unpaired) electrons. The minimum Gasteiger partial charge on any atom is -0.341 e. The fourth-order valence-electron chi connectivity index (χ4n) is 2.13.